The molecule has 7 nitrogen and oxygen atoms in total. The van der Waals surface area contributed by atoms with E-state index in [0.29, 0.717) is 49.3 Å². The Hall–Kier alpha value is -4.66. The fourth-order valence-corrected chi connectivity index (χ4v) is 6.75. The molecule has 2 heterocycles. The van der Waals surface area contributed by atoms with E-state index in [2.05, 4.69) is 23.2 Å². The third-order valence-electron chi connectivity index (χ3n) is 7.43. The molecule has 1 atom stereocenters. The number of rotatable bonds is 8. The van der Waals surface area contributed by atoms with E-state index in [1.807, 2.05) is 54.6 Å². The summed E-state index contributed by atoms with van der Waals surface area (Å²) in [4.78, 5) is 32.1. The first-order chi connectivity index (χ1) is 21.4. The molecule has 0 amide bonds. The summed E-state index contributed by atoms with van der Waals surface area (Å²) in [6.45, 7) is 4.03. The van der Waals surface area contributed by atoms with Gasteiger partial charge < -0.3 is 14.2 Å². The number of carbonyl (C=O) groups excluding carboxylic acids is 1. The maximum absolute atomic E-state index is 13.9. The van der Waals surface area contributed by atoms with E-state index >= 15 is 0 Å². The minimum Gasteiger partial charge on any atom is -0.493 e. The van der Waals surface area contributed by atoms with Crippen molar-refractivity contribution in [2.24, 2.45) is 4.99 Å². The van der Waals surface area contributed by atoms with Gasteiger partial charge in [0.05, 0.1) is 40.6 Å². The first-order valence-corrected chi connectivity index (χ1v) is 15.3. The summed E-state index contributed by atoms with van der Waals surface area (Å²) < 4.78 is 19.2. The van der Waals surface area contributed by atoms with Gasteiger partial charge in [-0.3, -0.25) is 9.36 Å². The maximum atomic E-state index is 13.9. The zero-order chi connectivity index (χ0) is 30.8. The summed E-state index contributed by atoms with van der Waals surface area (Å²) >= 11 is 7.97. The Balaban J connectivity index is 1.39. The lowest BCUT2D eigenvalue weighted by molar-refractivity contribution is -0.139. The van der Waals surface area contributed by atoms with E-state index in [9.17, 15) is 9.59 Å². The summed E-state index contributed by atoms with van der Waals surface area (Å²) in [6.07, 6.45) is 1.75. The predicted octanol–water partition coefficient (Wildman–Crippen LogP) is 6.19. The van der Waals surface area contributed by atoms with Crippen molar-refractivity contribution in [1.82, 2.24) is 4.57 Å². The molecule has 0 fully saturated rings. The zero-order valence-corrected chi connectivity index (χ0v) is 25.9. The summed E-state index contributed by atoms with van der Waals surface area (Å²) in [6, 6.07) is 26.5. The second-order valence-electron chi connectivity index (χ2n) is 10.2. The topological polar surface area (TPSA) is 79.1 Å². The van der Waals surface area contributed by atoms with Crippen molar-refractivity contribution < 1.29 is 19.0 Å². The summed E-state index contributed by atoms with van der Waals surface area (Å²) in [5, 5.41) is 2.58. The van der Waals surface area contributed by atoms with E-state index in [1.54, 1.807) is 43.7 Å². The highest BCUT2D eigenvalue weighted by atomic mass is 35.5. The lowest BCUT2D eigenvalue weighted by Crippen LogP contribution is -2.39. The number of hydrogen-bond donors (Lipinski definition) is 0. The second kappa shape index (κ2) is 12.5. The fraction of sp³-hybridized carbons (Fsp3) is 0.171. The number of benzene rings is 4. The fourth-order valence-electron chi connectivity index (χ4n) is 5.43. The number of nitrogens with zero attached hydrogens (tertiary/aromatic N) is 2. The van der Waals surface area contributed by atoms with Crippen LogP contribution in [0, 0.1) is 0 Å². The molecule has 0 saturated heterocycles. The molecule has 6 rings (SSSR count). The van der Waals surface area contributed by atoms with Gasteiger partial charge in [0.25, 0.3) is 5.56 Å². The van der Waals surface area contributed by atoms with E-state index in [1.165, 1.54) is 11.3 Å². The minimum atomic E-state index is -0.670. The molecule has 0 bridgehead atoms. The van der Waals surface area contributed by atoms with Gasteiger partial charge in [-0.25, -0.2) is 9.79 Å². The van der Waals surface area contributed by atoms with Crippen LogP contribution in [0.4, 0.5) is 0 Å². The molecular weight excluding hydrogens is 596 g/mol. The van der Waals surface area contributed by atoms with E-state index in [4.69, 9.17) is 25.8 Å². The molecule has 0 aliphatic carbocycles. The second-order valence-corrected chi connectivity index (χ2v) is 11.6. The van der Waals surface area contributed by atoms with Crippen LogP contribution in [0.1, 0.15) is 36.6 Å². The highest BCUT2D eigenvalue weighted by Gasteiger charge is 2.33. The van der Waals surface area contributed by atoms with Crippen LogP contribution >= 0.6 is 22.9 Å². The number of carbonyl (C=O) groups is 1. The van der Waals surface area contributed by atoms with Gasteiger partial charge in [0.2, 0.25) is 0 Å². The van der Waals surface area contributed by atoms with Gasteiger partial charge in [-0.2, -0.15) is 0 Å². The molecule has 44 heavy (non-hydrogen) atoms. The largest absolute Gasteiger partial charge is 0.493 e. The number of aromatic nitrogens is 1. The number of methoxy groups -OCH3 is 1. The van der Waals surface area contributed by atoms with E-state index in [-0.39, 0.29) is 12.2 Å². The number of hydrogen-bond acceptors (Lipinski definition) is 7. The quantitative estimate of drug-likeness (QED) is 0.192. The Kier molecular flexibility index (Phi) is 8.37. The molecular formula is C35H29ClN2O5S. The van der Waals surface area contributed by atoms with Crippen molar-refractivity contribution in [2.45, 2.75) is 26.5 Å². The summed E-state index contributed by atoms with van der Waals surface area (Å²) in [7, 11) is 1.55. The molecule has 0 spiro atoms. The van der Waals surface area contributed by atoms with Crippen LogP contribution in [-0.2, 0) is 16.1 Å². The van der Waals surface area contributed by atoms with Gasteiger partial charge in [-0.1, -0.05) is 95.7 Å². The smallest absolute Gasteiger partial charge is 0.338 e. The highest BCUT2D eigenvalue weighted by Crippen LogP contribution is 2.38. The van der Waals surface area contributed by atoms with E-state index < -0.39 is 12.0 Å². The lowest BCUT2D eigenvalue weighted by Gasteiger charge is -2.24. The summed E-state index contributed by atoms with van der Waals surface area (Å²) in [5.41, 5.74) is 3.05. The van der Waals surface area contributed by atoms with Crippen molar-refractivity contribution in [2.75, 3.05) is 13.7 Å². The molecule has 222 valence electrons. The Morgan fingerprint density at radius 1 is 1.05 bits per heavy atom. The minimum absolute atomic E-state index is 0.214. The van der Waals surface area contributed by atoms with E-state index in [0.717, 1.165) is 21.9 Å². The predicted molar refractivity (Wildman–Crippen MR) is 173 cm³/mol. The summed E-state index contributed by atoms with van der Waals surface area (Å²) in [5.74, 6) is 0.367. The molecule has 1 aromatic heterocycles. The molecule has 1 aliphatic rings. The first kappa shape index (κ1) is 29.4. The van der Waals surface area contributed by atoms with Gasteiger partial charge >= 0.3 is 5.97 Å². The molecule has 4 aromatic carbocycles. The molecule has 1 aliphatic heterocycles. The van der Waals surface area contributed by atoms with Crippen molar-refractivity contribution in [3.63, 3.8) is 0 Å². The van der Waals surface area contributed by atoms with Crippen LogP contribution < -0.4 is 24.4 Å². The molecule has 0 saturated carbocycles. The highest BCUT2D eigenvalue weighted by molar-refractivity contribution is 7.07. The molecule has 5 aromatic rings. The van der Waals surface area contributed by atoms with Gasteiger partial charge in [-0.05, 0) is 59.5 Å². The zero-order valence-electron chi connectivity index (χ0n) is 24.4. The molecule has 0 N–H and O–H groups in total. The number of halogens is 1. The third kappa shape index (κ3) is 5.54. The number of esters is 1. The van der Waals surface area contributed by atoms with Crippen LogP contribution in [0.15, 0.2) is 106 Å². The Bertz CT molecular complexity index is 2090. The van der Waals surface area contributed by atoms with Crippen LogP contribution in [0.5, 0.6) is 11.5 Å². The normalized spacial score (nSPS) is 14.7. The van der Waals surface area contributed by atoms with Crippen molar-refractivity contribution in [3.8, 4) is 11.5 Å². The SMILES string of the molecule is CCOC(=O)C1=C(C)N=c2s/c(=C\c3cc(Cl)c(OCc4cccc5ccccc45)c(OC)c3)c(=O)n2[C@@H]1c1ccccc1. The standard InChI is InChI=1S/C35H29ClN2O5S/c1-4-42-34(40)30-21(2)37-35-38(31(30)24-12-6-5-7-13-24)33(39)29(44-35)19-22-17-27(36)32(28(18-22)41-3)43-20-25-15-10-14-23-11-8-9-16-26(23)25/h5-19,31H,4,20H2,1-3H3/b29-19-/t31-/m1/s1. The average molecular weight is 625 g/mol. The molecule has 0 radical (unpaired) electrons. The van der Waals surface area contributed by atoms with Gasteiger partial charge in [0.1, 0.15) is 6.61 Å². The number of thiazole rings is 1. The van der Waals surface area contributed by atoms with Crippen molar-refractivity contribution in [3.05, 3.63) is 138 Å². The Morgan fingerprint density at radius 2 is 1.80 bits per heavy atom. The molecule has 9 heteroatoms. The number of fused-ring (bicyclic) bond motifs is 2. The van der Waals surface area contributed by atoms with Gasteiger partial charge in [0.15, 0.2) is 16.3 Å². The van der Waals surface area contributed by atoms with Crippen molar-refractivity contribution in [1.29, 1.82) is 0 Å². The Morgan fingerprint density at radius 3 is 2.57 bits per heavy atom. The number of allylic oxidation sites excluding steroid dienone is 1. The van der Waals surface area contributed by atoms with Crippen LogP contribution in [0.25, 0.3) is 16.8 Å². The Labute approximate surface area is 262 Å². The van der Waals surface area contributed by atoms with Crippen molar-refractivity contribution >= 4 is 45.8 Å². The van der Waals surface area contributed by atoms with Crippen LogP contribution in [0.3, 0.4) is 0 Å². The first-order valence-electron chi connectivity index (χ1n) is 14.1. The third-order valence-corrected chi connectivity index (χ3v) is 8.70. The lowest BCUT2D eigenvalue weighted by atomic mass is 9.96. The van der Waals surface area contributed by atoms with Crippen LogP contribution in [-0.4, -0.2) is 24.3 Å². The van der Waals surface area contributed by atoms with Gasteiger partial charge in [-0.15, -0.1) is 0 Å². The maximum Gasteiger partial charge on any atom is 0.338 e. The monoisotopic (exact) mass is 624 g/mol. The number of ether oxygens (including phenoxy) is 3. The van der Waals surface area contributed by atoms with Gasteiger partial charge in [0, 0.05) is 0 Å². The van der Waals surface area contributed by atoms with Crippen LogP contribution in [0.2, 0.25) is 5.02 Å². The molecule has 0 unspecified atom stereocenters. The average Bonchev–Trinajstić information content (AvgIpc) is 3.33.